The lowest BCUT2D eigenvalue weighted by Crippen LogP contribution is -2.47. The maximum absolute atomic E-state index is 12.8. The normalized spacial score (nSPS) is 22.5. The highest BCUT2D eigenvalue weighted by molar-refractivity contribution is 6.31. The Morgan fingerprint density at radius 3 is 2.63 bits per heavy atom. The molecule has 0 spiro atoms. The number of fused-ring (bicyclic) bond motifs is 1. The van der Waals surface area contributed by atoms with Gasteiger partial charge in [0.2, 0.25) is 6.10 Å². The molecule has 1 aromatic rings. The second-order valence-corrected chi connectivity index (χ2v) is 4.65. The minimum absolute atomic E-state index is 0.0411. The zero-order valence-electron chi connectivity index (χ0n) is 9.37. The summed E-state index contributed by atoms with van der Waals surface area (Å²) in [5.41, 5.74) is 5.77. The summed E-state index contributed by atoms with van der Waals surface area (Å²) in [5.74, 6) is -3.44. The second-order valence-electron chi connectivity index (χ2n) is 4.21. The third-order valence-electron chi connectivity index (χ3n) is 2.85. The molecule has 0 saturated carbocycles. The molecular weight excluding hydrogens is 287 g/mol. The highest BCUT2D eigenvalue weighted by Gasteiger charge is 2.52. The summed E-state index contributed by atoms with van der Waals surface area (Å²) in [6.07, 6.45) is -7.53. The molecule has 19 heavy (non-hydrogen) atoms. The number of carboxylic acid groups (broad SMARTS) is 1. The number of rotatable bonds is 1. The fraction of sp³-hybridized carbons (Fsp3) is 0.364. The fourth-order valence-electron chi connectivity index (χ4n) is 2.03. The molecule has 0 amide bonds. The van der Waals surface area contributed by atoms with Crippen molar-refractivity contribution in [1.29, 1.82) is 0 Å². The van der Waals surface area contributed by atoms with E-state index >= 15 is 0 Å². The van der Waals surface area contributed by atoms with Crippen LogP contribution in [0.4, 0.5) is 18.9 Å². The van der Waals surface area contributed by atoms with Gasteiger partial charge in [-0.2, -0.15) is 13.2 Å². The van der Waals surface area contributed by atoms with E-state index in [1.807, 2.05) is 0 Å². The van der Waals surface area contributed by atoms with Gasteiger partial charge in [0.1, 0.15) is 11.7 Å². The fourth-order valence-corrected chi connectivity index (χ4v) is 2.28. The van der Waals surface area contributed by atoms with Crippen LogP contribution in [0, 0.1) is 5.92 Å². The predicted molar refractivity (Wildman–Crippen MR) is 61.2 cm³/mol. The van der Waals surface area contributed by atoms with E-state index in [0.717, 1.165) is 0 Å². The summed E-state index contributed by atoms with van der Waals surface area (Å²) >= 11 is 5.73. The third-order valence-corrected chi connectivity index (χ3v) is 3.07. The lowest BCUT2D eigenvalue weighted by molar-refractivity contribution is -0.217. The van der Waals surface area contributed by atoms with E-state index in [2.05, 4.69) is 0 Å². The molecule has 0 saturated heterocycles. The summed E-state index contributed by atoms with van der Waals surface area (Å²) in [6, 6.07) is 2.62. The van der Waals surface area contributed by atoms with Crippen LogP contribution in [0.15, 0.2) is 12.1 Å². The Morgan fingerprint density at radius 2 is 2.11 bits per heavy atom. The molecule has 1 aliphatic rings. The zero-order chi connectivity index (χ0) is 14.4. The van der Waals surface area contributed by atoms with E-state index in [0.29, 0.717) is 0 Å². The van der Waals surface area contributed by atoms with E-state index in [1.54, 1.807) is 0 Å². The van der Waals surface area contributed by atoms with Gasteiger partial charge in [0.05, 0.1) is 5.69 Å². The maximum atomic E-state index is 12.8. The van der Waals surface area contributed by atoms with Gasteiger partial charge in [-0.25, -0.2) is 0 Å². The SMILES string of the molecule is Nc1cc(Cl)cc2c1O[C@H](C(F)(F)F)[C@H](C(=O)O)C2. The quantitative estimate of drug-likeness (QED) is 0.781. The molecule has 0 aromatic heterocycles. The average Bonchev–Trinajstić information content (AvgIpc) is 2.25. The zero-order valence-corrected chi connectivity index (χ0v) is 10.1. The summed E-state index contributed by atoms with van der Waals surface area (Å²) in [6.45, 7) is 0. The van der Waals surface area contributed by atoms with E-state index in [1.165, 1.54) is 12.1 Å². The van der Waals surface area contributed by atoms with Crippen LogP contribution in [0.2, 0.25) is 5.02 Å². The lowest BCUT2D eigenvalue weighted by atomic mass is 9.90. The number of alkyl halides is 3. The van der Waals surface area contributed by atoms with Gasteiger partial charge < -0.3 is 15.6 Å². The first-order chi connectivity index (χ1) is 8.70. The van der Waals surface area contributed by atoms with Crippen molar-refractivity contribution in [2.45, 2.75) is 18.7 Å². The second kappa shape index (κ2) is 4.48. The third kappa shape index (κ3) is 2.56. The van der Waals surface area contributed by atoms with Crippen LogP contribution >= 0.6 is 11.6 Å². The number of aliphatic carboxylic acids is 1. The molecule has 1 aliphatic heterocycles. The molecular formula is C11H9ClF3NO3. The van der Waals surface area contributed by atoms with E-state index < -0.39 is 24.2 Å². The van der Waals surface area contributed by atoms with Gasteiger partial charge in [-0.05, 0) is 24.1 Å². The highest BCUT2D eigenvalue weighted by Crippen LogP contribution is 2.42. The van der Waals surface area contributed by atoms with Crippen LogP contribution in [0.1, 0.15) is 5.56 Å². The standard InChI is InChI=1S/C11H9ClF3NO3/c12-5-1-4-2-6(10(17)18)9(11(13,14)15)19-8(4)7(16)3-5/h1,3,6,9H,2,16H2,(H,17,18)/t6-,9+/m1/s1. The number of hydrogen-bond acceptors (Lipinski definition) is 3. The Kier molecular flexibility index (Phi) is 3.25. The van der Waals surface area contributed by atoms with Crippen molar-refractivity contribution in [1.82, 2.24) is 0 Å². The number of halogens is 4. The van der Waals surface area contributed by atoms with Gasteiger partial charge in [0.25, 0.3) is 0 Å². The van der Waals surface area contributed by atoms with Crippen molar-refractivity contribution in [3.63, 3.8) is 0 Å². The molecule has 1 heterocycles. The van der Waals surface area contributed by atoms with Gasteiger partial charge in [-0.3, -0.25) is 4.79 Å². The molecule has 0 aliphatic carbocycles. The topological polar surface area (TPSA) is 72.5 Å². The highest BCUT2D eigenvalue weighted by atomic mass is 35.5. The molecule has 0 bridgehead atoms. The Balaban J connectivity index is 2.48. The molecule has 0 unspecified atom stereocenters. The molecule has 2 atom stereocenters. The number of anilines is 1. The number of hydrogen-bond donors (Lipinski definition) is 2. The van der Waals surface area contributed by atoms with Crippen LogP contribution < -0.4 is 10.5 Å². The van der Waals surface area contributed by atoms with Crippen molar-refractivity contribution in [3.8, 4) is 5.75 Å². The summed E-state index contributed by atoms with van der Waals surface area (Å²) < 4.78 is 43.2. The van der Waals surface area contributed by atoms with Gasteiger partial charge in [-0.1, -0.05) is 11.6 Å². The molecule has 2 rings (SSSR count). The Morgan fingerprint density at radius 1 is 1.47 bits per heavy atom. The number of nitrogens with two attached hydrogens (primary N) is 1. The van der Waals surface area contributed by atoms with Crippen LogP contribution in [0.3, 0.4) is 0 Å². The monoisotopic (exact) mass is 295 g/mol. The number of benzene rings is 1. The number of nitrogen functional groups attached to an aromatic ring is 1. The van der Waals surface area contributed by atoms with Crippen LogP contribution in [0.25, 0.3) is 0 Å². The largest absolute Gasteiger partial charge is 0.481 e. The van der Waals surface area contributed by atoms with E-state index in [9.17, 15) is 18.0 Å². The maximum Gasteiger partial charge on any atom is 0.426 e. The molecule has 8 heteroatoms. The number of carbonyl (C=O) groups is 1. The van der Waals surface area contributed by atoms with Crippen molar-refractivity contribution in [3.05, 3.63) is 22.7 Å². The van der Waals surface area contributed by atoms with Gasteiger partial charge in [0.15, 0.2) is 0 Å². The molecule has 0 fully saturated rings. The van der Waals surface area contributed by atoms with Crippen LogP contribution in [-0.2, 0) is 11.2 Å². The summed E-state index contributed by atoms with van der Waals surface area (Å²) in [7, 11) is 0. The van der Waals surface area contributed by atoms with E-state index in [4.69, 9.17) is 27.2 Å². The van der Waals surface area contributed by atoms with Gasteiger partial charge in [-0.15, -0.1) is 0 Å². The lowest BCUT2D eigenvalue weighted by Gasteiger charge is -2.33. The van der Waals surface area contributed by atoms with Crippen LogP contribution in [0.5, 0.6) is 5.75 Å². The number of ether oxygens (including phenoxy) is 1. The Hall–Kier alpha value is -1.63. The first-order valence-corrected chi connectivity index (χ1v) is 5.62. The number of carboxylic acids is 1. The smallest absolute Gasteiger partial charge is 0.426 e. The van der Waals surface area contributed by atoms with Crippen molar-refractivity contribution < 1.29 is 27.8 Å². The van der Waals surface area contributed by atoms with Crippen molar-refractivity contribution in [2.24, 2.45) is 5.92 Å². The Labute approximate surface area is 110 Å². The molecule has 4 nitrogen and oxygen atoms in total. The first kappa shape index (κ1) is 13.8. The molecule has 1 aromatic carbocycles. The van der Waals surface area contributed by atoms with Crippen LogP contribution in [-0.4, -0.2) is 23.4 Å². The minimum atomic E-state index is -4.78. The summed E-state index contributed by atoms with van der Waals surface area (Å²) in [4.78, 5) is 10.9. The first-order valence-electron chi connectivity index (χ1n) is 5.24. The Bertz CT molecular complexity index is 533. The minimum Gasteiger partial charge on any atom is -0.481 e. The molecule has 104 valence electrons. The summed E-state index contributed by atoms with van der Waals surface area (Å²) in [5, 5.41) is 9.11. The predicted octanol–water partition coefficient (Wildman–Crippen LogP) is 2.49. The molecule has 3 N–H and O–H groups in total. The molecule has 0 radical (unpaired) electrons. The van der Waals surface area contributed by atoms with Crippen molar-refractivity contribution >= 4 is 23.3 Å². The van der Waals surface area contributed by atoms with Gasteiger partial charge >= 0.3 is 12.1 Å². The van der Waals surface area contributed by atoms with Gasteiger partial charge in [0, 0.05) is 5.02 Å². The van der Waals surface area contributed by atoms with Crippen molar-refractivity contribution in [2.75, 3.05) is 5.73 Å². The van der Waals surface area contributed by atoms with E-state index in [-0.39, 0.29) is 28.4 Å². The average molecular weight is 296 g/mol.